The van der Waals surface area contributed by atoms with Gasteiger partial charge >= 0.3 is 0 Å². The summed E-state index contributed by atoms with van der Waals surface area (Å²) in [7, 11) is 0. The molecule has 6 rings (SSSR count). The molecule has 1 atom stereocenters. The number of benzene rings is 4. The Morgan fingerprint density at radius 2 is 1.64 bits per heavy atom. The van der Waals surface area contributed by atoms with Crippen molar-refractivity contribution in [1.82, 2.24) is 10.2 Å². The fourth-order valence-corrected chi connectivity index (χ4v) is 6.07. The zero-order valence-corrected chi connectivity index (χ0v) is 24.9. The zero-order valence-electron chi connectivity index (χ0n) is 24.9. The van der Waals surface area contributed by atoms with Gasteiger partial charge in [-0.3, -0.25) is 14.5 Å². The SMILES string of the molecule is CC[C@@H](NC(=O)c1ccc2c(c1)C(=C(Nc1cccc(CN3CCCCC3)c1)c1ccc(F)cc1)C(=O)N2)c1ccccc1. The van der Waals surface area contributed by atoms with Gasteiger partial charge in [0.1, 0.15) is 5.82 Å². The molecule has 224 valence electrons. The van der Waals surface area contributed by atoms with Gasteiger partial charge in [-0.15, -0.1) is 0 Å². The van der Waals surface area contributed by atoms with Crippen LogP contribution in [0, 0.1) is 5.82 Å². The molecule has 0 radical (unpaired) electrons. The molecule has 2 amide bonds. The summed E-state index contributed by atoms with van der Waals surface area (Å²) in [5.41, 5.74) is 6.35. The molecule has 0 bridgehead atoms. The highest BCUT2D eigenvalue weighted by molar-refractivity contribution is 6.37. The number of amides is 2. The van der Waals surface area contributed by atoms with Gasteiger partial charge in [0, 0.05) is 29.0 Å². The monoisotopic (exact) mass is 588 g/mol. The first-order chi connectivity index (χ1) is 21.5. The van der Waals surface area contributed by atoms with E-state index in [1.54, 1.807) is 30.3 Å². The molecule has 4 aromatic carbocycles. The van der Waals surface area contributed by atoms with Crippen molar-refractivity contribution < 1.29 is 14.0 Å². The van der Waals surface area contributed by atoms with Gasteiger partial charge in [-0.05, 0) is 104 Å². The van der Waals surface area contributed by atoms with Crippen LogP contribution < -0.4 is 16.0 Å². The molecule has 0 unspecified atom stereocenters. The maximum Gasteiger partial charge on any atom is 0.258 e. The Morgan fingerprint density at radius 3 is 2.39 bits per heavy atom. The van der Waals surface area contributed by atoms with Crippen LogP contribution in [0.2, 0.25) is 0 Å². The van der Waals surface area contributed by atoms with Crippen LogP contribution in [0.25, 0.3) is 11.3 Å². The van der Waals surface area contributed by atoms with E-state index in [1.165, 1.54) is 37.0 Å². The van der Waals surface area contributed by atoms with E-state index in [1.807, 2.05) is 49.4 Å². The van der Waals surface area contributed by atoms with Crippen LogP contribution in [0.3, 0.4) is 0 Å². The minimum atomic E-state index is -0.360. The smallest absolute Gasteiger partial charge is 0.258 e. The van der Waals surface area contributed by atoms with E-state index in [0.717, 1.165) is 37.3 Å². The molecule has 44 heavy (non-hydrogen) atoms. The van der Waals surface area contributed by atoms with Crippen LogP contribution in [-0.2, 0) is 11.3 Å². The predicted octanol–water partition coefficient (Wildman–Crippen LogP) is 7.63. The summed E-state index contributed by atoms with van der Waals surface area (Å²) in [4.78, 5) is 29.5. The molecule has 2 heterocycles. The number of anilines is 2. The van der Waals surface area contributed by atoms with Crippen molar-refractivity contribution in [3.8, 4) is 0 Å². The van der Waals surface area contributed by atoms with Crippen molar-refractivity contribution in [2.75, 3.05) is 23.7 Å². The molecule has 1 saturated heterocycles. The van der Waals surface area contributed by atoms with Gasteiger partial charge in [-0.1, -0.05) is 55.8 Å². The highest BCUT2D eigenvalue weighted by atomic mass is 19.1. The Bertz CT molecular complexity index is 1680. The van der Waals surface area contributed by atoms with Gasteiger partial charge in [0.2, 0.25) is 0 Å². The van der Waals surface area contributed by atoms with Gasteiger partial charge in [0.05, 0.1) is 17.3 Å². The third-order valence-corrected chi connectivity index (χ3v) is 8.38. The second kappa shape index (κ2) is 13.3. The van der Waals surface area contributed by atoms with Crippen LogP contribution in [0.4, 0.5) is 15.8 Å². The number of hydrogen-bond acceptors (Lipinski definition) is 4. The van der Waals surface area contributed by atoms with Crippen LogP contribution in [-0.4, -0.2) is 29.8 Å². The molecule has 0 spiro atoms. The quantitative estimate of drug-likeness (QED) is 0.176. The number of fused-ring (bicyclic) bond motifs is 1. The molecular weight excluding hydrogens is 551 g/mol. The Kier molecular flexibility index (Phi) is 8.84. The summed E-state index contributed by atoms with van der Waals surface area (Å²) in [6.07, 6.45) is 4.46. The van der Waals surface area contributed by atoms with Crippen molar-refractivity contribution in [2.45, 2.75) is 45.2 Å². The number of carbonyl (C=O) groups is 2. The van der Waals surface area contributed by atoms with Crippen LogP contribution in [0.5, 0.6) is 0 Å². The molecule has 2 aliphatic heterocycles. The number of rotatable bonds is 9. The van der Waals surface area contributed by atoms with Gasteiger partial charge in [0.25, 0.3) is 11.8 Å². The van der Waals surface area contributed by atoms with Gasteiger partial charge in [-0.25, -0.2) is 4.39 Å². The average molecular weight is 589 g/mol. The number of likely N-dealkylation sites (tertiary alicyclic amines) is 1. The number of nitrogens with one attached hydrogen (secondary N) is 3. The molecule has 0 aromatic heterocycles. The van der Waals surface area contributed by atoms with Crippen molar-refractivity contribution in [1.29, 1.82) is 0 Å². The molecule has 2 aliphatic rings. The summed E-state index contributed by atoms with van der Waals surface area (Å²) < 4.78 is 14.0. The first kappa shape index (κ1) is 29.3. The van der Waals surface area contributed by atoms with Crippen molar-refractivity contribution in [3.63, 3.8) is 0 Å². The topological polar surface area (TPSA) is 73.5 Å². The molecule has 6 nitrogen and oxygen atoms in total. The zero-order chi connectivity index (χ0) is 30.5. The second-order valence-electron chi connectivity index (χ2n) is 11.5. The fraction of sp³-hybridized carbons (Fsp3) is 0.243. The van der Waals surface area contributed by atoms with Crippen molar-refractivity contribution in [3.05, 3.63) is 131 Å². The first-order valence-electron chi connectivity index (χ1n) is 15.4. The highest BCUT2D eigenvalue weighted by Gasteiger charge is 2.30. The lowest BCUT2D eigenvalue weighted by Gasteiger charge is -2.26. The second-order valence-corrected chi connectivity index (χ2v) is 11.5. The third-order valence-electron chi connectivity index (χ3n) is 8.38. The third kappa shape index (κ3) is 6.58. The number of halogens is 1. The predicted molar refractivity (Wildman–Crippen MR) is 174 cm³/mol. The van der Waals surface area contributed by atoms with E-state index in [9.17, 15) is 14.0 Å². The van der Waals surface area contributed by atoms with Crippen molar-refractivity contribution >= 4 is 34.5 Å². The molecule has 7 heteroatoms. The lowest BCUT2D eigenvalue weighted by atomic mass is 9.97. The Morgan fingerprint density at radius 1 is 0.886 bits per heavy atom. The molecular formula is C37H37FN4O2. The number of piperidine rings is 1. The standard InChI is InChI=1S/C37H37FN4O2/c1-2-32(26-11-5-3-6-12-26)40-36(43)28-16-19-33-31(23-28)34(37(44)41-33)35(27-14-17-29(38)18-15-27)39-30-13-9-10-25(22-30)24-42-20-7-4-8-21-42/h3,5-6,9-19,22-23,32,39H,2,4,7-8,20-21,24H2,1H3,(H,40,43)(H,41,44)/t32-/m1/s1. The van der Waals surface area contributed by atoms with E-state index < -0.39 is 0 Å². The molecule has 4 aromatic rings. The maximum absolute atomic E-state index is 14.0. The van der Waals surface area contributed by atoms with Gasteiger partial charge in [0.15, 0.2) is 0 Å². The van der Waals surface area contributed by atoms with E-state index in [4.69, 9.17) is 0 Å². The lowest BCUT2D eigenvalue weighted by Crippen LogP contribution is -2.29. The summed E-state index contributed by atoms with van der Waals surface area (Å²) in [6.45, 7) is 5.09. The number of carbonyl (C=O) groups excluding carboxylic acids is 2. The summed E-state index contributed by atoms with van der Waals surface area (Å²) >= 11 is 0. The molecule has 1 fully saturated rings. The lowest BCUT2D eigenvalue weighted by molar-refractivity contribution is -0.110. The summed E-state index contributed by atoms with van der Waals surface area (Å²) in [5, 5.41) is 9.59. The van der Waals surface area contributed by atoms with Crippen LogP contribution >= 0.6 is 0 Å². The highest BCUT2D eigenvalue weighted by Crippen LogP contribution is 2.38. The van der Waals surface area contributed by atoms with E-state index in [0.29, 0.717) is 33.6 Å². The molecule has 3 N–H and O–H groups in total. The summed E-state index contributed by atoms with van der Waals surface area (Å²) in [5.74, 6) is -0.866. The van der Waals surface area contributed by atoms with Crippen LogP contribution in [0.1, 0.15) is 71.3 Å². The molecule has 0 aliphatic carbocycles. The number of nitrogens with zero attached hydrogens (tertiary/aromatic N) is 1. The fourth-order valence-electron chi connectivity index (χ4n) is 6.07. The first-order valence-corrected chi connectivity index (χ1v) is 15.4. The van der Waals surface area contributed by atoms with Crippen LogP contribution in [0.15, 0.2) is 97.1 Å². The van der Waals surface area contributed by atoms with E-state index in [2.05, 4.69) is 33.0 Å². The number of hydrogen-bond donors (Lipinski definition) is 3. The van der Waals surface area contributed by atoms with Gasteiger partial charge < -0.3 is 16.0 Å². The Hall–Kier alpha value is -4.75. The summed E-state index contributed by atoms with van der Waals surface area (Å²) in [6, 6.07) is 29.3. The molecule has 0 saturated carbocycles. The minimum Gasteiger partial charge on any atom is -0.354 e. The minimum absolute atomic E-state index is 0.139. The maximum atomic E-state index is 14.0. The Balaban J connectivity index is 1.35. The van der Waals surface area contributed by atoms with E-state index in [-0.39, 0.29) is 23.7 Å². The van der Waals surface area contributed by atoms with Gasteiger partial charge in [-0.2, -0.15) is 0 Å². The Labute approximate surface area is 258 Å². The van der Waals surface area contributed by atoms with E-state index >= 15 is 0 Å². The van der Waals surface area contributed by atoms with Crippen molar-refractivity contribution in [2.24, 2.45) is 0 Å². The normalized spacial score (nSPS) is 16.5. The largest absolute Gasteiger partial charge is 0.354 e. The average Bonchev–Trinajstić information content (AvgIpc) is 3.38.